The van der Waals surface area contributed by atoms with Crippen LogP contribution in [-0.2, 0) is 19.4 Å². The van der Waals surface area contributed by atoms with Crippen molar-refractivity contribution in [1.29, 1.82) is 0 Å². The zero-order valence-electron chi connectivity index (χ0n) is 16.1. The molecular formula is C22H23N3O3. The van der Waals surface area contributed by atoms with Gasteiger partial charge >= 0.3 is 0 Å². The lowest BCUT2D eigenvalue weighted by atomic mass is 9.87. The van der Waals surface area contributed by atoms with Gasteiger partial charge in [-0.15, -0.1) is 0 Å². The van der Waals surface area contributed by atoms with Crippen molar-refractivity contribution in [3.05, 3.63) is 75.0 Å². The van der Waals surface area contributed by atoms with Gasteiger partial charge in [-0.3, -0.25) is 14.9 Å². The van der Waals surface area contributed by atoms with Crippen molar-refractivity contribution in [2.75, 3.05) is 7.05 Å². The standard InChI is InChI=1S/C22H23N3O3/c1-14-10-11-19-18(12-14)16-7-5-8-17(21(16)23-19)22(26)24(2)13-15-6-3-4-9-20(15)25(27)28/h3-9,14,23H,10-13H2,1-2H3. The number of carbonyl (C=O) groups is 1. The Kier molecular flexibility index (Phi) is 4.63. The molecule has 1 aliphatic rings. The second-order valence-electron chi connectivity index (χ2n) is 7.71. The van der Waals surface area contributed by atoms with Crippen molar-refractivity contribution >= 4 is 22.5 Å². The third-order valence-electron chi connectivity index (χ3n) is 5.64. The zero-order valence-corrected chi connectivity index (χ0v) is 16.1. The molecule has 0 saturated heterocycles. The number of nitro benzene ring substituents is 1. The van der Waals surface area contributed by atoms with E-state index in [-0.39, 0.29) is 18.1 Å². The Morgan fingerprint density at radius 2 is 2.04 bits per heavy atom. The lowest BCUT2D eigenvalue weighted by Gasteiger charge is -2.18. The summed E-state index contributed by atoms with van der Waals surface area (Å²) in [5.74, 6) is 0.502. The maximum Gasteiger partial charge on any atom is 0.274 e. The minimum atomic E-state index is -0.408. The molecule has 0 spiro atoms. The molecule has 6 nitrogen and oxygen atoms in total. The lowest BCUT2D eigenvalue weighted by Crippen LogP contribution is -2.26. The van der Waals surface area contributed by atoms with Gasteiger partial charge < -0.3 is 9.88 Å². The molecule has 0 aliphatic heterocycles. The van der Waals surface area contributed by atoms with Gasteiger partial charge in [-0.25, -0.2) is 0 Å². The highest BCUT2D eigenvalue weighted by Gasteiger charge is 2.24. The van der Waals surface area contributed by atoms with E-state index in [4.69, 9.17) is 0 Å². The Bertz CT molecular complexity index is 1070. The molecule has 1 aliphatic carbocycles. The lowest BCUT2D eigenvalue weighted by molar-refractivity contribution is -0.385. The van der Waals surface area contributed by atoms with Crippen molar-refractivity contribution in [2.24, 2.45) is 5.92 Å². The van der Waals surface area contributed by atoms with Gasteiger partial charge in [-0.1, -0.05) is 37.3 Å². The molecule has 0 bridgehead atoms. The topological polar surface area (TPSA) is 79.2 Å². The van der Waals surface area contributed by atoms with E-state index in [9.17, 15) is 14.9 Å². The van der Waals surface area contributed by atoms with Crippen LogP contribution in [0.3, 0.4) is 0 Å². The molecular weight excluding hydrogens is 354 g/mol. The number of carbonyl (C=O) groups excluding carboxylic acids is 1. The van der Waals surface area contributed by atoms with Gasteiger partial charge in [0.15, 0.2) is 0 Å². The number of rotatable bonds is 4. The van der Waals surface area contributed by atoms with Gasteiger partial charge in [0.05, 0.1) is 22.5 Å². The number of nitrogens with zero attached hydrogens (tertiary/aromatic N) is 2. The van der Waals surface area contributed by atoms with Gasteiger partial charge in [0.1, 0.15) is 0 Å². The number of amides is 1. The second-order valence-corrected chi connectivity index (χ2v) is 7.71. The molecule has 0 fully saturated rings. The molecule has 1 heterocycles. The first-order chi connectivity index (χ1) is 13.5. The maximum atomic E-state index is 13.2. The first-order valence-corrected chi connectivity index (χ1v) is 9.56. The van der Waals surface area contributed by atoms with Gasteiger partial charge in [-0.2, -0.15) is 0 Å². The Morgan fingerprint density at radius 1 is 1.25 bits per heavy atom. The number of nitrogens with one attached hydrogen (secondary N) is 1. The van der Waals surface area contributed by atoms with Gasteiger partial charge in [0.2, 0.25) is 0 Å². The molecule has 4 rings (SSSR count). The fourth-order valence-corrected chi connectivity index (χ4v) is 4.15. The number of aromatic amines is 1. The van der Waals surface area contributed by atoms with E-state index in [0.29, 0.717) is 17.0 Å². The quantitative estimate of drug-likeness (QED) is 0.538. The van der Waals surface area contributed by atoms with Crippen LogP contribution in [0.4, 0.5) is 5.69 Å². The molecule has 1 N–H and O–H groups in total. The zero-order chi connectivity index (χ0) is 19.8. The molecule has 1 aromatic heterocycles. The smallest absolute Gasteiger partial charge is 0.274 e. The van der Waals surface area contributed by atoms with E-state index in [1.54, 1.807) is 30.1 Å². The number of aromatic nitrogens is 1. The number of benzene rings is 2. The van der Waals surface area contributed by atoms with Crippen LogP contribution in [0.2, 0.25) is 0 Å². The highest BCUT2D eigenvalue weighted by atomic mass is 16.6. The van der Waals surface area contributed by atoms with E-state index in [0.717, 1.165) is 30.2 Å². The van der Waals surface area contributed by atoms with E-state index in [2.05, 4.69) is 18.0 Å². The van der Waals surface area contributed by atoms with E-state index in [1.165, 1.54) is 17.3 Å². The Morgan fingerprint density at radius 3 is 2.82 bits per heavy atom. The average molecular weight is 377 g/mol. The average Bonchev–Trinajstić information content (AvgIpc) is 3.05. The van der Waals surface area contributed by atoms with Crippen LogP contribution in [0, 0.1) is 16.0 Å². The number of para-hydroxylation sites is 2. The highest BCUT2D eigenvalue weighted by Crippen LogP contribution is 2.33. The van der Waals surface area contributed by atoms with Crippen LogP contribution in [0.5, 0.6) is 0 Å². The first-order valence-electron chi connectivity index (χ1n) is 9.56. The van der Waals surface area contributed by atoms with E-state index >= 15 is 0 Å². The molecule has 3 aromatic rings. The first kappa shape index (κ1) is 18.2. The summed E-state index contributed by atoms with van der Waals surface area (Å²) in [5.41, 5.74) is 4.60. The largest absolute Gasteiger partial charge is 0.358 e. The summed E-state index contributed by atoms with van der Waals surface area (Å²) in [4.78, 5) is 29.0. The summed E-state index contributed by atoms with van der Waals surface area (Å²) in [6, 6.07) is 12.4. The number of hydrogen-bond acceptors (Lipinski definition) is 3. The van der Waals surface area contributed by atoms with E-state index in [1.807, 2.05) is 12.1 Å². The minimum absolute atomic E-state index is 0.0321. The molecule has 28 heavy (non-hydrogen) atoms. The van der Waals surface area contributed by atoms with Crippen LogP contribution in [0.25, 0.3) is 10.9 Å². The minimum Gasteiger partial charge on any atom is -0.358 e. The van der Waals surface area contributed by atoms with Gasteiger partial charge in [0, 0.05) is 29.8 Å². The summed E-state index contributed by atoms with van der Waals surface area (Å²) in [6.45, 7) is 2.45. The van der Waals surface area contributed by atoms with Crippen LogP contribution in [0.15, 0.2) is 42.5 Å². The van der Waals surface area contributed by atoms with Crippen molar-refractivity contribution in [3.63, 3.8) is 0 Å². The molecule has 1 amide bonds. The molecule has 6 heteroatoms. The third kappa shape index (κ3) is 3.15. The number of H-pyrrole nitrogens is 1. The summed E-state index contributed by atoms with van der Waals surface area (Å²) >= 11 is 0. The van der Waals surface area contributed by atoms with Crippen LogP contribution in [0.1, 0.15) is 40.5 Å². The number of nitro groups is 1. The number of aryl methyl sites for hydroxylation is 1. The fourth-order valence-electron chi connectivity index (χ4n) is 4.15. The Labute approximate surface area is 163 Å². The summed E-state index contributed by atoms with van der Waals surface area (Å²) < 4.78 is 0. The molecule has 1 unspecified atom stereocenters. The molecule has 1 atom stereocenters. The van der Waals surface area contributed by atoms with Crippen molar-refractivity contribution in [1.82, 2.24) is 9.88 Å². The molecule has 2 aromatic carbocycles. The van der Waals surface area contributed by atoms with Crippen LogP contribution < -0.4 is 0 Å². The van der Waals surface area contributed by atoms with Gasteiger partial charge in [0.25, 0.3) is 11.6 Å². The van der Waals surface area contributed by atoms with Crippen molar-refractivity contribution in [2.45, 2.75) is 32.7 Å². The van der Waals surface area contributed by atoms with E-state index < -0.39 is 4.92 Å². The molecule has 144 valence electrons. The summed E-state index contributed by atoms with van der Waals surface area (Å²) in [6.07, 6.45) is 3.19. The maximum absolute atomic E-state index is 13.2. The second kappa shape index (κ2) is 7.11. The van der Waals surface area contributed by atoms with Crippen LogP contribution >= 0.6 is 0 Å². The monoisotopic (exact) mass is 377 g/mol. The van der Waals surface area contributed by atoms with Crippen molar-refractivity contribution in [3.8, 4) is 0 Å². The van der Waals surface area contributed by atoms with Crippen LogP contribution in [-0.4, -0.2) is 27.8 Å². The predicted molar refractivity (Wildman–Crippen MR) is 108 cm³/mol. The number of hydrogen-bond donors (Lipinski definition) is 1. The third-order valence-corrected chi connectivity index (χ3v) is 5.64. The fraction of sp³-hybridized carbons (Fsp3) is 0.318. The number of fused-ring (bicyclic) bond motifs is 3. The highest BCUT2D eigenvalue weighted by molar-refractivity contribution is 6.06. The van der Waals surface area contributed by atoms with Gasteiger partial charge in [-0.05, 0) is 36.8 Å². The predicted octanol–water partition coefficient (Wildman–Crippen LogP) is 4.47. The Balaban J connectivity index is 1.67. The SMILES string of the molecule is CC1CCc2[nH]c3c(C(=O)N(C)Cc4ccccc4[N+](=O)[O-])cccc3c2C1. The van der Waals surface area contributed by atoms with Crippen molar-refractivity contribution < 1.29 is 9.72 Å². The molecule has 0 radical (unpaired) electrons. The summed E-state index contributed by atoms with van der Waals surface area (Å²) in [7, 11) is 1.68. The molecule has 0 saturated carbocycles. The normalized spacial score (nSPS) is 16.0. The Hall–Kier alpha value is -3.15. The summed E-state index contributed by atoms with van der Waals surface area (Å²) in [5, 5.41) is 12.4.